The lowest BCUT2D eigenvalue weighted by Crippen LogP contribution is -2.53. The summed E-state index contributed by atoms with van der Waals surface area (Å²) in [5.74, 6) is -2.25. The van der Waals surface area contributed by atoms with Crippen LogP contribution in [0.15, 0.2) is 30.3 Å². The Morgan fingerprint density at radius 2 is 1.74 bits per heavy atom. The van der Waals surface area contributed by atoms with Crippen molar-refractivity contribution < 1.29 is 24.5 Å². The summed E-state index contributed by atoms with van der Waals surface area (Å²) < 4.78 is 5.56. The largest absolute Gasteiger partial charge is 0.480 e. The molecular formula is C21H31NO5. The number of carbonyl (C=O) groups is 2. The lowest BCUT2D eigenvalue weighted by Gasteiger charge is -2.39. The normalized spacial score (nSPS) is 22.4. The molecule has 27 heavy (non-hydrogen) atoms. The Hall–Kier alpha value is -1.92. The molecule has 3 atom stereocenters. The van der Waals surface area contributed by atoms with Crippen molar-refractivity contribution in [2.75, 3.05) is 0 Å². The number of hydrogen-bond acceptors (Lipinski definition) is 5. The Bertz CT molecular complexity index is 659. The predicted octanol–water partition coefficient (Wildman–Crippen LogP) is 2.83. The van der Waals surface area contributed by atoms with Crippen molar-refractivity contribution in [1.82, 2.24) is 4.90 Å². The lowest BCUT2D eigenvalue weighted by molar-refractivity contribution is -0.173. The van der Waals surface area contributed by atoms with Gasteiger partial charge >= 0.3 is 11.9 Å². The van der Waals surface area contributed by atoms with Gasteiger partial charge in [-0.05, 0) is 53.0 Å². The van der Waals surface area contributed by atoms with Crippen LogP contribution < -0.4 is 0 Å². The van der Waals surface area contributed by atoms with Crippen molar-refractivity contribution in [3.63, 3.8) is 0 Å². The highest BCUT2D eigenvalue weighted by atomic mass is 16.6. The fourth-order valence-corrected chi connectivity index (χ4v) is 3.82. The summed E-state index contributed by atoms with van der Waals surface area (Å²) in [5.41, 5.74) is -1.06. The summed E-state index contributed by atoms with van der Waals surface area (Å²) in [5, 5.41) is 20.4. The third-order valence-corrected chi connectivity index (χ3v) is 4.86. The molecule has 1 fully saturated rings. The highest BCUT2D eigenvalue weighted by Crippen LogP contribution is 2.37. The molecule has 0 spiro atoms. The molecule has 0 amide bonds. The molecule has 0 aromatic heterocycles. The predicted molar refractivity (Wildman–Crippen MR) is 102 cm³/mol. The van der Waals surface area contributed by atoms with E-state index in [0.29, 0.717) is 19.4 Å². The van der Waals surface area contributed by atoms with Crippen LogP contribution in [0.3, 0.4) is 0 Å². The summed E-state index contributed by atoms with van der Waals surface area (Å²) in [6, 6.07) is 8.46. The van der Waals surface area contributed by atoms with Crippen LogP contribution in [-0.4, -0.2) is 50.3 Å². The van der Waals surface area contributed by atoms with Gasteiger partial charge in [-0.2, -0.15) is 0 Å². The van der Waals surface area contributed by atoms with E-state index in [1.807, 2.05) is 35.2 Å². The number of nitrogens with zero attached hydrogens (tertiary/aromatic N) is 1. The number of esters is 1. The highest BCUT2D eigenvalue weighted by Gasteiger charge is 2.50. The fourth-order valence-electron chi connectivity index (χ4n) is 3.82. The number of hydrogen-bond donors (Lipinski definition) is 2. The molecule has 1 aliphatic rings. The van der Waals surface area contributed by atoms with Crippen molar-refractivity contribution in [1.29, 1.82) is 0 Å². The average molecular weight is 377 g/mol. The first-order valence-electron chi connectivity index (χ1n) is 9.38. The molecule has 0 unspecified atom stereocenters. The Morgan fingerprint density at radius 3 is 2.22 bits per heavy atom. The molecule has 0 bridgehead atoms. The minimum Gasteiger partial charge on any atom is -0.480 e. The molecular weight excluding hydrogens is 346 g/mol. The van der Waals surface area contributed by atoms with Gasteiger partial charge in [0.25, 0.3) is 0 Å². The van der Waals surface area contributed by atoms with Crippen molar-refractivity contribution >= 4 is 11.9 Å². The van der Waals surface area contributed by atoms with Gasteiger partial charge in [0.05, 0.1) is 5.60 Å². The third kappa shape index (κ3) is 5.53. The number of benzene rings is 1. The zero-order valence-corrected chi connectivity index (χ0v) is 16.8. The van der Waals surface area contributed by atoms with Crippen LogP contribution >= 0.6 is 0 Å². The number of carboxylic acid groups (broad SMARTS) is 1. The van der Waals surface area contributed by atoms with Gasteiger partial charge in [0.1, 0.15) is 17.6 Å². The van der Waals surface area contributed by atoms with Crippen LogP contribution in [0.1, 0.15) is 53.0 Å². The Balaban J connectivity index is 2.36. The maximum Gasteiger partial charge on any atom is 0.320 e. The Morgan fingerprint density at radius 1 is 1.15 bits per heavy atom. The Kier molecular flexibility index (Phi) is 6.32. The first-order chi connectivity index (χ1) is 12.4. The average Bonchev–Trinajstić information content (AvgIpc) is 2.88. The summed E-state index contributed by atoms with van der Waals surface area (Å²) >= 11 is 0. The SMILES string of the molecule is CC(C)(C)OC(=O)[C@H]([C@H]1CC[C@@H](C(=O)O)N1Cc1ccccc1)C(C)(C)O. The van der Waals surface area contributed by atoms with E-state index in [0.717, 1.165) is 5.56 Å². The van der Waals surface area contributed by atoms with E-state index < -0.39 is 41.1 Å². The van der Waals surface area contributed by atoms with E-state index >= 15 is 0 Å². The number of likely N-dealkylation sites (tertiary alicyclic amines) is 1. The van der Waals surface area contributed by atoms with E-state index in [4.69, 9.17) is 4.74 Å². The van der Waals surface area contributed by atoms with Crippen LogP contribution in [0.4, 0.5) is 0 Å². The van der Waals surface area contributed by atoms with Gasteiger partial charge in [-0.15, -0.1) is 0 Å². The maximum atomic E-state index is 12.9. The molecule has 6 nitrogen and oxygen atoms in total. The highest BCUT2D eigenvalue weighted by molar-refractivity contribution is 5.77. The fraction of sp³-hybridized carbons (Fsp3) is 0.619. The Labute approximate surface area is 161 Å². The molecule has 0 radical (unpaired) electrons. The summed E-state index contributed by atoms with van der Waals surface area (Å²) in [6.07, 6.45) is 0.944. The van der Waals surface area contributed by atoms with Crippen molar-refractivity contribution in [2.45, 2.75) is 77.3 Å². The minimum absolute atomic E-state index is 0.401. The maximum absolute atomic E-state index is 12.9. The summed E-state index contributed by atoms with van der Waals surface area (Å²) in [7, 11) is 0. The smallest absolute Gasteiger partial charge is 0.320 e. The first-order valence-corrected chi connectivity index (χ1v) is 9.38. The molecule has 0 aliphatic carbocycles. The van der Waals surface area contributed by atoms with Crippen LogP contribution in [0.5, 0.6) is 0 Å². The second-order valence-electron chi connectivity index (χ2n) is 8.82. The van der Waals surface area contributed by atoms with Gasteiger partial charge in [-0.25, -0.2) is 0 Å². The van der Waals surface area contributed by atoms with Crippen LogP contribution in [-0.2, 0) is 20.9 Å². The molecule has 1 aliphatic heterocycles. The summed E-state index contributed by atoms with van der Waals surface area (Å²) in [4.78, 5) is 26.5. The zero-order valence-electron chi connectivity index (χ0n) is 16.8. The first kappa shape index (κ1) is 21.4. The molecule has 1 heterocycles. The molecule has 1 aromatic carbocycles. The lowest BCUT2D eigenvalue weighted by atomic mass is 9.83. The topological polar surface area (TPSA) is 87.1 Å². The standard InChI is InChI=1S/C21H31NO5/c1-20(2,3)27-19(25)17(21(4,5)26)15-11-12-16(18(23)24)22(15)13-14-9-7-6-8-10-14/h6-10,15-17,26H,11-13H2,1-5H3,(H,23,24)/t15-,16+,17+/m1/s1. The van der Waals surface area contributed by atoms with E-state index in [9.17, 15) is 19.8 Å². The van der Waals surface area contributed by atoms with Gasteiger partial charge in [0.2, 0.25) is 0 Å². The number of ether oxygens (including phenoxy) is 1. The van der Waals surface area contributed by atoms with Gasteiger partial charge in [0, 0.05) is 12.6 Å². The van der Waals surface area contributed by atoms with Gasteiger partial charge in [0.15, 0.2) is 0 Å². The number of carboxylic acids is 1. The van der Waals surface area contributed by atoms with Crippen molar-refractivity contribution in [3.8, 4) is 0 Å². The van der Waals surface area contributed by atoms with Crippen LogP contribution in [0.2, 0.25) is 0 Å². The van der Waals surface area contributed by atoms with Crippen LogP contribution in [0.25, 0.3) is 0 Å². The van der Waals surface area contributed by atoms with Gasteiger partial charge in [-0.1, -0.05) is 30.3 Å². The van der Waals surface area contributed by atoms with Gasteiger partial charge < -0.3 is 14.9 Å². The van der Waals surface area contributed by atoms with Crippen molar-refractivity contribution in [2.24, 2.45) is 5.92 Å². The molecule has 2 rings (SSSR count). The van der Waals surface area contributed by atoms with Crippen LogP contribution in [0, 0.1) is 5.92 Å². The number of aliphatic hydroxyl groups is 1. The number of aliphatic carboxylic acids is 1. The molecule has 2 N–H and O–H groups in total. The monoisotopic (exact) mass is 377 g/mol. The van der Waals surface area contributed by atoms with E-state index in [2.05, 4.69) is 0 Å². The number of carbonyl (C=O) groups excluding carboxylic acids is 1. The molecule has 0 saturated carbocycles. The third-order valence-electron chi connectivity index (χ3n) is 4.86. The summed E-state index contributed by atoms with van der Waals surface area (Å²) in [6.45, 7) is 8.90. The molecule has 1 aromatic rings. The van der Waals surface area contributed by atoms with E-state index in [1.165, 1.54) is 0 Å². The number of rotatable bonds is 6. The van der Waals surface area contributed by atoms with Gasteiger partial charge in [-0.3, -0.25) is 14.5 Å². The van der Waals surface area contributed by atoms with E-state index in [1.54, 1.807) is 34.6 Å². The minimum atomic E-state index is -1.34. The quantitative estimate of drug-likeness (QED) is 0.742. The second-order valence-corrected chi connectivity index (χ2v) is 8.82. The molecule has 150 valence electrons. The second kappa shape index (κ2) is 7.98. The van der Waals surface area contributed by atoms with E-state index in [-0.39, 0.29) is 0 Å². The van der Waals surface area contributed by atoms with Crippen molar-refractivity contribution in [3.05, 3.63) is 35.9 Å². The molecule has 1 saturated heterocycles. The molecule has 6 heteroatoms. The zero-order chi connectivity index (χ0) is 20.4.